The summed E-state index contributed by atoms with van der Waals surface area (Å²) in [6.45, 7) is 1.84. The monoisotopic (exact) mass is 335 g/mol. The van der Waals surface area contributed by atoms with Crippen LogP contribution in [-0.2, 0) is 4.79 Å². The van der Waals surface area contributed by atoms with E-state index in [1.165, 1.54) is 6.07 Å². The maximum absolute atomic E-state index is 12.4. The number of nitrogens with zero attached hydrogens (tertiary/aromatic N) is 4. The molecule has 0 radical (unpaired) electrons. The number of amides is 1. The van der Waals surface area contributed by atoms with Crippen molar-refractivity contribution in [3.63, 3.8) is 0 Å². The van der Waals surface area contributed by atoms with Crippen molar-refractivity contribution in [1.29, 1.82) is 5.26 Å². The van der Waals surface area contributed by atoms with E-state index in [0.717, 1.165) is 25.9 Å². The highest BCUT2D eigenvalue weighted by Crippen LogP contribution is 2.18. The first-order valence-corrected chi connectivity index (χ1v) is 8.07. The third kappa shape index (κ3) is 3.80. The summed E-state index contributed by atoms with van der Waals surface area (Å²) >= 11 is 0. The first kappa shape index (κ1) is 16.6. The zero-order valence-corrected chi connectivity index (χ0v) is 13.6. The molecule has 0 saturated carbocycles. The third-order valence-corrected chi connectivity index (χ3v) is 4.03. The van der Waals surface area contributed by atoms with E-state index in [4.69, 9.17) is 0 Å². The van der Waals surface area contributed by atoms with Gasteiger partial charge in [0.25, 0.3) is 0 Å². The molecular weight excluding hydrogens is 318 g/mol. The van der Waals surface area contributed by atoms with Crippen LogP contribution in [-0.4, -0.2) is 35.0 Å². The Kier molecular flexibility index (Phi) is 5.00. The highest BCUT2D eigenvalue weighted by molar-refractivity contribution is 6.14. The van der Waals surface area contributed by atoms with Crippen LogP contribution in [0.15, 0.2) is 42.5 Å². The normalized spacial score (nSPS) is 14.6. The van der Waals surface area contributed by atoms with Gasteiger partial charge in [0.2, 0.25) is 11.7 Å². The number of benzene rings is 1. The van der Waals surface area contributed by atoms with Crippen LogP contribution in [0.2, 0.25) is 0 Å². The fourth-order valence-corrected chi connectivity index (χ4v) is 2.69. The summed E-state index contributed by atoms with van der Waals surface area (Å²) in [5.41, 5.74) is 0.536. The molecule has 0 spiro atoms. The number of carbonyl (C=O) groups is 2. The van der Waals surface area contributed by atoms with E-state index in [1.54, 1.807) is 42.5 Å². The Morgan fingerprint density at radius 3 is 2.40 bits per heavy atom. The molecule has 3 rings (SSSR count). The van der Waals surface area contributed by atoms with Crippen molar-refractivity contribution in [1.82, 2.24) is 10.2 Å². The Morgan fingerprint density at radius 2 is 1.80 bits per heavy atom. The number of hydrogen-bond acceptors (Lipinski definition) is 6. The van der Waals surface area contributed by atoms with E-state index in [9.17, 15) is 14.9 Å². The topological polar surface area (TPSA) is 99.0 Å². The van der Waals surface area contributed by atoms with Crippen molar-refractivity contribution in [3.8, 4) is 6.07 Å². The quantitative estimate of drug-likeness (QED) is 0.663. The molecule has 25 heavy (non-hydrogen) atoms. The molecule has 1 aliphatic rings. The number of para-hydroxylation sites is 1. The number of carbonyl (C=O) groups excluding carboxylic acids is 2. The number of rotatable bonds is 5. The molecule has 1 aromatic heterocycles. The number of hydrogen-bond donors (Lipinski definition) is 1. The molecule has 2 heterocycles. The van der Waals surface area contributed by atoms with Crippen molar-refractivity contribution >= 4 is 23.2 Å². The van der Waals surface area contributed by atoms with Crippen molar-refractivity contribution in [2.24, 2.45) is 5.92 Å². The van der Waals surface area contributed by atoms with Crippen LogP contribution in [0.5, 0.6) is 0 Å². The highest BCUT2D eigenvalue weighted by atomic mass is 16.2. The summed E-state index contributed by atoms with van der Waals surface area (Å²) in [5.74, 6) is -2.09. The van der Waals surface area contributed by atoms with E-state index in [2.05, 4.69) is 20.4 Å². The summed E-state index contributed by atoms with van der Waals surface area (Å²) < 4.78 is 0. The molecule has 7 nitrogen and oxygen atoms in total. The number of anilines is 2. The summed E-state index contributed by atoms with van der Waals surface area (Å²) in [5, 5.41) is 19.8. The lowest BCUT2D eigenvalue weighted by atomic mass is 10.0. The maximum atomic E-state index is 12.4. The maximum Gasteiger partial charge on any atom is 0.249 e. The molecule has 7 heteroatoms. The summed E-state index contributed by atoms with van der Waals surface area (Å²) in [7, 11) is 0. The van der Waals surface area contributed by atoms with Gasteiger partial charge in [-0.15, -0.1) is 10.2 Å². The molecule has 1 fully saturated rings. The first-order valence-electron chi connectivity index (χ1n) is 8.07. The zero-order valence-electron chi connectivity index (χ0n) is 13.6. The summed E-state index contributed by atoms with van der Waals surface area (Å²) in [6, 6.07) is 13.6. The van der Waals surface area contributed by atoms with Gasteiger partial charge in [0, 0.05) is 18.8 Å². The Hall–Kier alpha value is -3.27. The van der Waals surface area contributed by atoms with Gasteiger partial charge in [-0.05, 0) is 37.1 Å². The molecule has 2 aromatic rings. The van der Waals surface area contributed by atoms with E-state index in [1.807, 2.05) is 0 Å². The van der Waals surface area contributed by atoms with Crippen LogP contribution in [0.3, 0.4) is 0 Å². The molecule has 1 aliphatic heterocycles. The second-order valence-electron chi connectivity index (χ2n) is 5.75. The van der Waals surface area contributed by atoms with Crippen molar-refractivity contribution in [3.05, 3.63) is 48.2 Å². The number of aromatic nitrogens is 2. The van der Waals surface area contributed by atoms with Crippen LogP contribution in [0.25, 0.3) is 0 Å². The molecular formula is C18H17N5O2. The molecule has 126 valence electrons. The predicted octanol–water partition coefficient (Wildman–Crippen LogP) is 2.04. The van der Waals surface area contributed by atoms with Gasteiger partial charge in [-0.1, -0.05) is 18.2 Å². The SMILES string of the molecule is N#CC(C(=O)Nc1ccccc1)C(=O)c1ccc(N2CCCC2)nn1. The van der Waals surface area contributed by atoms with Crippen molar-refractivity contribution < 1.29 is 9.59 Å². The van der Waals surface area contributed by atoms with Gasteiger partial charge in [0.15, 0.2) is 11.7 Å². The first-order chi connectivity index (χ1) is 12.2. The lowest BCUT2D eigenvalue weighted by Crippen LogP contribution is -2.29. The lowest BCUT2D eigenvalue weighted by Gasteiger charge is -2.15. The standard InChI is InChI=1S/C18H17N5O2/c19-12-14(18(25)20-13-6-2-1-3-7-13)17(24)15-8-9-16(22-21-15)23-10-4-5-11-23/h1-3,6-9,14H,4-5,10-11H2,(H,20,25). The van der Waals surface area contributed by atoms with Gasteiger partial charge in [0.05, 0.1) is 6.07 Å². The van der Waals surface area contributed by atoms with Gasteiger partial charge in [-0.3, -0.25) is 9.59 Å². The van der Waals surface area contributed by atoms with Gasteiger partial charge >= 0.3 is 0 Å². The van der Waals surface area contributed by atoms with Crippen LogP contribution in [0.1, 0.15) is 23.3 Å². The summed E-state index contributed by atoms with van der Waals surface area (Å²) in [4.78, 5) is 26.8. The molecule has 0 bridgehead atoms. The Bertz CT molecular complexity index is 792. The third-order valence-electron chi connectivity index (χ3n) is 4.03. The molecule has 1 atom stereocenters. The second kappa shape index (κ2) is 7.53. The van der Waals surface area contributed by atoms with E-state index in [0.29, 0.717) is 11.5 Å². The largest absolute Gasteiger partial charge is 0.355 e. The zero-order chi connectivity index (χ0) is 17.6. The average Bonchev–Trinajstić information content (AvgIpc) is 3.18. The van der Waals surface area contributed by atoms with E-state index in [-0.39, 0.29) is 5.69 Å². The van der Waals surface area contributed by atoms with Crippen LogP contribution in [0, 0.1) is 17.2 Å². The predicted molar refractivity (Wildman–Crippen MR) is 92.0 cm³/mol. The van der Waals surface area contributed by atoms with Crippen LogP contribution >= 0.6 is 0 Å². The summed E-state index contributed by atoms with van der Waals surface area (Å²) in [6.07, 6.45) is 2.22. The average molecular weight is 335 g/mol. The second-order valence-corrected chi connectivity index (χ2v) is 5.75. The Labute approximate surface area is 145 Å². The molecule has 1 aromatic carbocycles. The molecule has 1 amide bonds. The number of ketones is 1. The molecule has 1 unspecified atom stereocenters. The molecule has 1 N–H and O–H groups in total. The van der Waals surface area contributed by atoms with Gasteiger partial charge in [0.1, 0.15) is 5.69 Å². The number of nitriles is 1. The fraction of sp³-hybridized carbons (Fsp3) is 0.278. The Morgan fingerprint density at radius 1 is 1.08 bits per heavy atom. The number of Topliss-reactive ketones (excluding diaryl/α,β-unsaturated/α-hetero) is 1. The minimum absolute atomic E-state index is 0.0118. The van der Waals surface area contributed by atoms with Gasteiger partial charge < -0.3 is 10.2 Å². The highest BCUT2D eigenvalue weighted by Gasteiger charge is 2.29. The molecule has 1 saturated heterocycles. The van der Waals surface area contributed by atoms with Gasteiger partial charge in [-0.2, -0.15) is 5.26 Å². The minimum atomic E-state index is -1.47. The van der Waals surface area contributed by atoms with Gasteiger partial charge in [-0.25, -0.2) is 0 Å². The van der Waals surface area contributed by atoms with Crippen LogP contribution in [0.4, 0.5) is 11.5 Å². The fourth-order valence-electron chi connectivity index (χ4n) is 2.69. The number of nitrogens with one attached hydrogen (secondary N) is 1. The Balaban J connectivity index is 1.71. The van der Waals surface area contributed by atoms with Crippen molar-refractivity contribution in [2.45, 2.75) is 12.8 Å². The van der Waals surface area contributed by atoms with E-state index < -0.39 is 17.6 Å². The van der Waals surface area contributed by atoms with Crippen molar-refractivity contribution in [2.75, 3.05) is 23.3 Å². The smallest absolute Gasteiger partial charge is 0.249 e. The van der Waals surface area contributed by atoms with E-state index >= 15 is 0 Å². The minimum Gasteiger partial charge on any atom is -0.355 e. The lowest BCUT2D eigenvalue weighted by molar-refractivity contribution is -0.117. The van der Waals surface area contributed by atoms with Crippen LogP contribution < -0.4 is 10.2 Å². The molecule has 0 aliphatic carbocycles.